The molecule has 25 heavy (non-hydrogen) atoms. The number of hydrogen-bond acceptors (Lipinski definition) is 3. The standard InChI is InChI=1S/C19H17F3O3/c20-19(21,22)18(24,15-4-2-1-3-5-15)12-13-6-8-14(9-7-13)17(23)25-16-10-11-16/h1-9,16,24H,10-12H2. The number of ether oxygens (including phenoxy) is 1. The highest BCUT2D eigenvalue weighted by Gasteiger charge is 2.54. The Morgan fingerprint density at radius 1 is 1.04 bits per heavy atom. The molecule has 3 nitrogen and oxygen atoms in total. The predicted molar refractivity (Wildman–Crippen MR) is 85.0 cm³/mol. The molecule has 0 heterocycles. The maximum atomic E-state index is 13.5. The number of halogens is 3. The molecule has 1 N–H and O–H groups in total. The van der Waals surface area contributed by atoms with Gasteiger partial charge in [0.2, 0.25) is 0 Å². The Balaban J connectivity index is 1.81. The van der Waals surface area contributed by atoms with E-state index in [1.165, 1.54) is 48.5 Å². The first-order valence-electron chi connectivity index (χ1n) is 7.94. The predicted octanol–water partition coefficient (Wildman–Crippen LogP) is 4.00. The van der Waals surface area contributed by atoms with Crippen LogP contribution in [-0.2, 0) is 16.8 Å². The van der Waals surface area contributed by atoms with Crippen molar-refractivity contribution >= 4 is 5.97 Å². The molecule has 3 rings (SSSR count). The normalized spacial score (nSPS) is 17.0. The minimum Gasteiger partial charge on any atom is -0.459 e. The van der Waals surface area contributed by atoms with E-state index in [2.05, 4.69) is 0 Å². The van der Waals surface area contributed by atoms with Gasteiger partial charge in [-0.2, -0.15) is 13.2 Å². The highest BCUT2D eigenvalue weighted by Crippen LogP contribution is 2.41. The zero-order valence-corrected chi connectivity index (χ0v) is 13.3. The van der Waals surface area contributed by atoms with E-state index in [1.54, 1.807) is 6.07 Å². The van der Waals surface area contributed by atoms with Gasteiger partial charge >= 0.3 is 12.1 Å². The van der Waals surface area contributed by atoms with Crippen LogP contribution in [0.3, 0.4) is 0 Å². The third kappa shape index (κ3) is 3.85. The van der Waals surface area contributed by atoms with Crippen LogP contribution in [0.25, 0.3) is 0 Å². The van der Waals surface area contributed by atoms with Crippen molar-refractivity contribution in [3.05, 3.63) is 71.3 Å². The molecule has 0 aromatic heterocycles. The third-order valence-corrected chi connectivity index (χ3v) is 4.17. The Kier molecular flexibility index (Phi) is 4.56. The summed E-state index contributed by atoms with van der Waals surface area (Å²) in [6, 6.07) is 12.6. The van der Waals surface area contributed by atoms with Gasteiger partial charge in [0.25, 0.3) is 0 Å². The zero-order chi connectivity index (χ0) is 18.1. The van der Waals surface area contributed by atoms with Gasteiger partial charge in [0, 0.05) is 6.42 Å². The van der Waals surface area contributed by atoms with Crippen molar-refractivity contribution in [2.75, 3.05) is 0 Å². The van der Waals surface area contributed by atoms with E-state index in [0.29, 0.717) is 0 Å². The summed E-state index contributed by atoms with van der Waals surface area (Å²) in [5.41, 5.74) is -2.66. The number of carbonyl (C=O) groups is 1. The summed E-state index contributed by atoms with van der Waals surface area (Å²) in [5, 5.41) is 10.4. The Morgan fingerprint density at radius 3 is 2.16 bits per heavy atom. The van der Waals surface area contributed by atoms with E-state index in [4.69, 9.17) is 4.74 Å². The topological polar surface area (TPSA) is 46.5 Å². The summed E-state index contributed by atoms with van der Waals surface area (Å²) in [6.45, 7) is 0. The number of esters is 1. The molecule has 2 aromatic carbocycles. The van der Waals surface area contributed by atoms with Gasteiger partial charge in [0.1, 0.15) is 6.10 Å². The molecule has 1 saturated carbocycles. The Hall–Kier alpha value is -2.34. The molecule has 0 saturated heterocycles. The Morgan fingerprint density at radius 2 is 1.64 bits per heavy atom. The van der Waals surface area contributed by atoms with Gasteiger partial charge in [0.05, 0.1) is 5.56 Å². The summed E-state index contributed by atoms with van der Waals surface area (Å²) >= 11 is 0. The molecule has 6 heteroatoms. The smallest absolute Gasteiger partial charge is 0.421 e. The van der Waals surface area contributed by atoms with Crippen molar-refractivity contribution in [2.45, 2.75) is 37.1 Å². The van der Waals surface area contributed by atoms with Gasteiger partial charge in [-0.05, 0) is 36.1 Å². The van der Waals surface area contributed by atoms with Crippen molar-refractivity contribution in [2.24, 2.45) is 0 Å². The second kappa shape index (κ2) is 6.52. The average Bonchev–Trinajstić information content (AvgIpc) is 3.39. The highest BCUT2D eigenvalue weighted by atomic mass is 19.4. The molecule has 0 aliphatic heterocycles. The average molecular weight is 350 g/mol. The van der Waals surface area contributed by atoms with Crippen LogP contribution in [0.1, 0.15) is 34.3 Å². The lowest BCUT2D eigenvalue weighted by atomic mass is 9.86. The van der Waals surface area contributed by atoms with E-state index in [9.17, 15) is 23.1 Å². The second-order valence-electron chi connectivity index (χ2n) is 6.20. The maximum absolute atomic E-state index is 13.5. The molecule has 0 spiro atoms. The van der Waals surface area contributed by atoms with Gasteiger partial charge in [-0.3, -0.25) is 0 Å². The maximum Gasteiger partial charge on any atom is 0.421 e. The van der Waals surface area contributed by atoms with E-state index in [0.717, 1.165) is 12.8 Å². The number of aliphatic hydroxyl groups is 1. The fraction of sp³-hybridized carbons (Fsp3) is 0.316. The van der Waals surface area contributed by atoms with Crippen LogP contribution in [0.4, 0.5) is 13.2 Å². The zero-order valence-electron chi connectivity index (χ0n) is 13.3. The Labute approximate surface area is 143 Å². The quantitative estimate of drug-likeness (QED) is 0.829. The molecule has 0 radical (unpaired) electrons. The lowest BCUT2D eigenvalue weighted by Gasteiger charge is -2.31. The second-order valence-corrected chi connectivity index (χ2v) is 6.20. The van der Waals surface area contributed by atoms with Crippen LogP contribution >= 0.6 is 0 Å². The monoisotopic (exact) mass is 350 g/mol. The number of carbonyl (C=O) groups excluding carboxylic acids is 1. The van der Waals surface area contributed by atoms with Crippen molar-refractivity contribution < 1.29 is 27.8 Å². The molecule has 1 aliphatic rings. The molecule has 2 aromatic rings. The highest BCUT2D eigenvalue weighted by molar-refractivity contribution is 5.89. The first kappa shape index (κ1) is 17.5. The van der Waals surface area contributed by atoms with Gasteiger partial charge in [-0.15, -0.1) is 0 Å². The molecule has 1 fully saturated rings. The van der Waals surface area contributed by atoms with Crippen molar-refractivity contribution in [3.8, 4) is 0 Å². The van der Waals surface area contributed by atoms with E-state index >= 15 is 0 Å². The fourth-order valence-corrected chi connectivity index (χ4v) is 2.54. The first-order valence-corrected chi connectivity index (χ1v) is 7.94. The number of rotatable bonds is 5. The van der Waals surface area contributed by atoms with E-state index in [-0.39, 0.29) is 22.8 Å². The van der Waals surface area contributed by atoms with Gasteiger partial charge in [0.15, 0.2) is 5.60 Å². The minimum atomic E-state index is -4.84. The first-order chi connectivity index (χ1) is 11.8. The van der Waals surface area contributed by atoms with Crippen LogP contribution in [0, 0.1) is 0 Å². The molecule has 1 unspecified atom stereocenters. The molecule has 132 valence electrons. The minimum absolute atomic E-state index is 0.0411. The summed E-state index contributed by atoms with van der Waals surface area (Å²) < 4.78 is 45.7. The van der Waals surface area contributed by atoms with Gasteiger partial charge in [-0.25, -0.2) is 4.79 Å². The number of alkyl halides is 3. The third-order valence-electron chi connectivity index (χ3n) is 4.17. The molecule has 0 bridgehead atoms. The fourth-order valence-electron chi connectivity index (χ4n) is 2.54. The van der Waals surface area contributed by atoms with Crippen molar-refractivity contribution in [1.29, 1.82) is 0 Å². The molecular formula is C19H17F3O3. The molecular weight excluding hydrogens is 333 g/mol. The summed E-state index contributed by atoms with van der Waals surface area (Å²) in [6.07, 6.45) is -3.82. The van der Waals surface area contributed by atoms with E-state index < -0.39 is 24.2 Å². The van der Waals surface area contributed by atoms with Crippen LogP contribution in [0.5, 0.6) is 0 Å². The molecule has 1 aliphatic carbocycles. The number of hydrogen-bond donors (Lipinski definition) is 1. The summed E-state index contributed by atoms with van der Waals surface area (Å²) in [5.74, 6) is -0.483. The SMILES string of the molecule is O=C(OC1CC1)c1ccc(CC(O)(c2ccccc2)C(F)(F)F)cc1. The molecule has 0 amide bonds. The van der Waals surface area contributed by atoms with Crippen LogP contribution in [0.15, 0.2) is 54.6 Å². The number of benzene rings is 2. The van der Waals surface area contributed by atoms with Gasteiger partial charge < -0.3 is 9.84 Å². The van der Waals surface area contributed by atoms with Crippen molar-refractivity contribution in [3.63, 3.8) is 0 Å². The van der Waals surface area contributed by atoms with Gasteiger partial charge in [-0.1, -0.05) is 42.5 Å². The van der Waals surface area contributed by atoms with Crippen LogP contribution < -0.4 is 0 Å². The van der Waals surface area contributed by atoms with E-state index in [1.807, 2.05) is 0 Å². The van der Waals surface area contributed by atoms with Crippen LogP contribution in [-0.4, -0.2) is 23.4 Å². The Bertz CT molecular complexity index is 737. The molecule has 1 atom stereocenters. The van der Waals surface area contributed by atoms with Crippen molar-refractivity contribution in [1.82, 2.24) is 0 Å². The lowest BCUT2D eigenvalue weighted by Crippen LogP contribution is -2.44. The largest absolute Gasteiger partial charge is 0.459 e. The van der Waals surface area contributed by atoms with Crippen LogP contribution in [0.2, 0.25) is 0 Å². The summed E-state index contributed by atoms with van der Waals surface area (Å²) in [7, 11) is 0. The summed E-state index contributed by atoms with van der Waals surface area (Å²) in [4.78, 5) is 11.8. The lowest BCUT2D eigenvalue weighted by molar-refractivity contribution is -0.266.